The fourth-order valence-corrected chi connectivity index (χ4v) is 1.41. The van der Waals surface area contributed by atoms with Crippen LogP contribution in [0, 0.1) is 6.92 Å². The third-order valence-corrected chi connectivity index (χ3v) is 2.49. The number of halogens is 1. The van der Waals surface area contributed by atoms with Crippen LogP contribution in [0.4, 0.5) is 5.69 Å². The monoisotopic (exact) mass is 226 g/mol. The molecule has 2 N–H and O–H groups in total. The molecule has 0 radical (unpaired) electrons. The summed E-state index contributed by atoms with van der Waals surface area (Å²) in [7, 11) is 0. The topological polar surface area (TPSA) is 41.1 Å². The van der Waals surface area contributed by atoms with E-state index in [2.05, 4.69) is 10.6 Å². The molecule has 0 saturated carbocycles. The number of nitrogens with one attached hydrogen (secondary N) is 2. The van der Waals surface area contributed by atoms with Crippen LogP contribution < -0.4 is 10.6 Å². The maximum atomic E-state index is 11.2. The molecule has 0 saturated heterocycles. The molecule has 1 rings (SSSR count). The second-order valence-corrected chi connectivity index (χ2v) is 3.63. The van der Waals surface area contributed by atoms with Gasteiger partial charge in [0.25, 0.3) is 0 Å². The molecule has 82 valence electrons. The second kappa shape index (κ2) is 5.61. The Morgan fingerprint density at radius 2 is 2.20 bits per heavy atom. The van der Waals surface area contributed by atoms with E-state index < -0.39 is 0 Å². The quantitative estimate of drug-likeness (QED) is 0.827. The number of benzene rings is 1. The summed E-state index contributed by atoms with van der Waals surface area (Å²) in [5.74, 6) is -0.0168. The molecule has 15 heavy (non-hydrogen) atoms. The van der Waals surface area contributed by atoms with Crippen molar-refractivity contribution in [2.24, 2.45) is 0 Å². The molecule has 0 fully saturated rings. The molecule has 0 atom stereocenters. The lowest BCUT2D eigenvalue weighted by molar-refractivity contribution is -0.119. The number of rotatable bonds is 4. The molecular weight excluding hydrogens is 212 g/mol. The fraction of sp³-hybridized carbons (Fsp3) is 0.364. The molecular formula is C11H15ClN2O. The van der Waals surface area contributed by atoms with Crippen LogP contribution in [0.1, 0.15) is 12.5 Å². The van der Waals surface area contributed by atoms with Crippen molar-refractivity contribution in [3.8, 4) is 0 Å². The number of hydrogen-bond acceptors (Lipinski definition) is 2. The first-order valence-corrected chi connectivity index (χ1v) is 5.28. The normalized spacial score (nSPS) is 9.80. The summed E-state index contributed by atoms with van der Waals surface area (Å²) in [6.07, 6.45) is 0. The van der Waals surface area contributed by atoms with E-state index >= 15 is 0 Å². The Morgan fingerprint density at radius 1 is 1.47 bits per heavy atom. The number of hydrogen-bond donors (Lipinski definition) is 2. The van der Waals surface area contributed by atoms with Crippen LogP contribution >= 0.6 is 11.6 Å². The van der Waals surface area contributed by atoms with E-state index in [1.807, 2.05) is 32.0 Å². The standard InChI is InChI=1S/C11H15ClN2O/c1-3-13-11(15)7-14-10-6-4-5-9(12)8(10)2/h4-6,14H,3,7H2,1-2H3,(H,13,15). The maximum absolute atomic E-state index is 11.2. The van der Waals surface area contributed by atoms with Crippen molar-refractivity contribution >= 4 is 23.2 Å². The highest BCUT2D eigenvalue weighted by Gasteiger charge is 2.03. The van der Waals surface area contributed by atoms with E-state index in [4.69, 9.17) is 11.6 Å². The van der Waals surface area contributed by atoms with Crippen LogP contribution in [0.15, 0.2) is 18.2 Å². The van der Waals surface area contributed by atoms with Gasteiger partial charge in [-0.2, -0.15) is 0 Å². The van der Waals surface area contributed by atoms with Gasteiger partial charge in [-0.1, -0.05) is 17.7 Å². The fourth-order valence-electron chi connectivity index (χ4n) is 1.23. The van der Waals surface area contributed by atoms with Gasteiger partial charge in [0.15, 0.2) is 0 Å². The average Bonchev–Trinajstić information content (AvgIpc) is 2.21. The van der Waals surface area contributed by atoms with Crippen molar-refractivity contribution in [2.75, 3.05) is 18.4 Å². The lowest BCUT2D eigenvalue weighted by Crippen LogP contribution is -2.29. The molecule has 1 aromatic rings. The smallest absolute Gasteiger partial charge is 0.239 e. The molecule has 1 amide bonds. The Bertz CT molecular complexity index is 352. The first-order chi connectivity index (χ1) is 7.15. The molecule has 0 aromatic heterocycles. The van der Waals surface area contributed by atoms with Crippen LogP contribution in [0.3, 0.4) is 0 Å². The molecule has 4 heteroatoms. The van der Waals surface area contributed by atoms with Gasteiger partial charge in [0.05, 0.1) is 6.54 Å². The predicted molar refractivity (Wildman–Crippen MR) is 63.4 cm³/mol. The van der Waals surface area contributed by atoms with E-state index in [0.29, 0.717) is 11.6 Å². The van der Waals surface area contributed by atoms with Gasteiger partial charge in [-0.05, 0) is 31.5 Å². The van der Waals surface area contributed by atoms with Crippen molar-refractivity contribution in [3.05, 3.63) is 28.8 Å². The first-order valence-electron chi connectivity index (χ1n) is 4.90. The van der Waals surface area contributed by atoms with E-state index in [-0.39, 0.29) is 12.5 Å². The van der Waals surface area contributed by atoms with Gasteiger partial charge in [0, 0.05) is 17.3 Å². The number of anilines is 1. The Morgan fingerprint density at radius 3 is 2.87 bits per heavy atom. The Hall–Kier alpha value is -1.22. The minimum absolute atomic E-state index is 0.0168. The van der Waals surface area contributed by atoms with Gasteiger partial charge in [0.1, 0.15) is 0 Å². The minimum atomic E-state index is -0.0168. The summed E-state index contributed by atoms with van der Waals surface area (Å²) in [5.41, 5.74) is 1.86. The number of carbonyl (C=O) groups is 1. The summed E-state index contributed by atoms with van der Waals surface area (Å²) < 4.78 is 0. The molecule has 0 heterocycles. The van der Waals surface area contributed by atoms with Crippen molar-refractivity contribution < 1.29 is 4.79 Å². The molecule has 0 bridgehead atoms. The van der Waals surface area contributed by atoms with E-state index in [1.54, 1.807) is 0 Å². The molecule has 0 aliphatic carbocycles. The highest BCUT2D eigenvalue weighted by Crippen LogP contribution is 2.22. The minimum Gasteiger partial charge on any atom is -0.376 e. The summed E-state index contributed by atoms with van der Waals surface area (Å²) >= 11 is 5.95. The van der Waals surface area contributed by atoms with Gasteiger partial charge in [0.2, 0.25) is 5.91 Å². The molecule has 0 spiro atoms. The first kappa shape index (κ1) is 11.9. The summed E-state index contributed by atoms with van der Waals surface area (Å²) in [5, 5.41) is 6.46. The third-order valence-electron chi connectivity index (χ3n) is 2.08. The number of amides is 1. The zero-order valence-electron chi connectivity index (χ0n) is 8.93. The number of likely N-dealkylation sites (N-methyl/N-ethyl adjacent to an activating group) is 1. The second-order valence-electron chi connectivity index (χ2n) is 3.22. The SMILES string of the molecule is CCNC(=O)CNc1cccc(Cl)c1C. The van der Waals surface area contributed by atoms with Crippen LogP contribution in [0.5, 0.6) is 0 Å². The zero-order chi connectivity index (χ0) is 11.3. The van der Waals surface area contributed by atoms with Crippen molar-refractivity contribution in [1.82, 2.24) is 5.32 Å². The molecule has 0 unspecified atom stereocenters. The zero-order valence-corrected chi connectivity index (χ0v) is 9.69. The van der Waals surface area contributed by atoms with Crippen LogP contribution in [0.2, 0.25) is 5.02 Å². The van der Waals surface area contributed by atoms with E-state index in [0.717, 1.165) is 11.3 Å². The van der Waals surface area contributed by atoms with Crippen LogP contribution in [-0.4, -0.2) is 19.0 Å². The largest absolute Gasteiger partial charge is 0.376 e. The highest BCUT2D eigenvalue weighted by atomic mass is 35.5. The lowest BCUT2D eigenvalue weighted by atomic mass is 10.2. The predicted octanol–water partition coefficient (Wildman–Crippen LogP) is 2.20. The number of carbonyl (C=O) groups excluding carboxylic acids is 1. The van der Waals surface area contributed by atoms with Crippen LogP contribution in [0.25, 0.3) is 0 Å². The van der Waals surface area contributed by atoms with E-state index in [1.165, 1.54) is 0 Å². The van der Waals surface area contributed by atoms with Crippen molar-refractivity contribution in [1.29, 1.82) is 0 Å². The molecule has 0 aliphatic heterocycles. The van der Waals surface area contributed by atoms with Gasteiger partial charge in [-0.15, -0.1) is 0 Å². The van der Waals surface area contributed by atoms with Crippen molar-refractivity contribution in [3.63, 3.8) is 0 Å². The summed E-state index contributed by atoms with van der Waals surface area (Å²) in [6, 6.07) is 5.59. The molecule has 0 aliphatic rings. The Labute approximate surface area is 94.8 Å². The van der Waals surface area contributed by atoms with Gasteiger partial charge in [-0.3, -0.25) is 4.79 Å². The Balaban J connectivity index is 2.58. The summed E-state index contributed by atoms with van der Waals surface area (Å²) in [6.45, 7) is 4.73. The highest BCUT2D eigenvalue weighted by molar-refractivity contribution is 6.31. The molecule has 1 aromatic carbocycles. The lowest BCUT2D eigenvalue weighted by Gasteiger charge is -2.10. The van der Waals surface area contributed by atoms with Gasteiger partial charge in [-0.25, -0.2) is 0 Å². The third kappa shape index (κ3) is 3.44. The maximum Gasteiger partial charge on any atom is 0.239 e. The average molecular weight is 227 g/mol. The van der Waals surface area contributed by atoms with E-state index in [9.17, 15) is 4.79 Å². The molecule has 3 nitrogen and oxygen atoms in total. The van der Waals surface area contributed by atoms with Gasteiger partial charge >= 0.3 is 0 Å². The van der Waals surface area contributed by atoms with Gasteiger partial charge < -0.3 is 10.6 Å². The Kier molecular flexibility index (Phi) is 4.43. The summed E-state index contributed by atoms with van der Waals surface area (Å²) in [4.78, 5) is 11.2. The van der Waals surface area contributed by atoms with Crippen molar-refractivity contribution in [2.45, 2.75) is 13.8 Å². The van der Waals surface area contributed by atoms with Crippen LogP contribution in [-0.2, 0) is 4.79 Å².